The molecular weight excluding hydrogens is 1340 g/mol. The number of carboxylic acid groups (broad SMARTS) is 1. The summed E-state index contributed by atoms with van der Waals surface area (Å²) in [6, 6.07) is 37.6. The SMILES string of the molecule is CCCCCCCCCCCCCCCCOC(=O)c1ccc(-c2c3nc(c(-c4ccc(C(=O)OCCCCCCCCCCCCCCCC)cc4)c4ccc([nH]4)c(-c4ccc(C(=O)OCCCCCCCCCCCCCCCC)cc4)c4nc(c(-c5ccc(C(=O)O)cc5)c5ccc2[nH]5)C=C4)C=C3)cc1. The Balaban J connectivity index is 0.977. The Morgan fingerprint density at radius 2 is 0.444 bits per heavy atom. The highest BCUT2D eigenvalue weighted by Gasteiger charge is 2.22. The van der Waals surface area contributed by atoms with Gasteiger partial charge in [-0.25, -0.2) is 29.1 Å². The molecule has 2 aliphatic heterocycles. The van der Waals surface area contributed by atoms with Gasteiger partial charge in [-0.05, 0) is 139 Å². The lowest BCUT2D eigenvalue weighted by atomic mass is 10.0. The first-order chi connectivity index (χ1) is 53.1. The number of carbonyl (C=O) groups is 4. The normalized spacial score (nSPS) is 11.8. The molecule has 0 aliphatic carbocycles. The summed E-state index contributed by atoms with van der Waals surface area (Å²) in [7, 11) is 0. The number of benzene rings is 4. The smallest absolute Gasteiger partial charge is 0.338 e. The van der Waals surface area contributed by atoms with Crippen molar-refractivity contribution in [3.8, 4) is 44.5 Å². The Kier molecular flexibility index (Phi) is 37.1. The van der Waals surface area contributed by atoms with Crippen LogP contribution in [0.15, 0.2) is 121 Å². The number of unbranched alkanes of at least 4 members (excludes halogenated alkanes) is 39. The maximum Gasteiger partial charge on any atom is 0.338 e. The van der Waals surface area contributed by atoms with Crippen molar-refractivity contribution in [1.29, 1.82) is 0 Å². The van der Waals surface area contributed by atoms with Crippen molar-refractivity contribution >= 4 is 70.2 Å². The number of hydrogen-bond donors (Lipinski definition) is 3. The van der Waals surface area contributed by atoms with Gasteiger partial charge in [0.25, 0.3) is 0 Å². The standard InChI is InChI=1S/C96H126N4O8/c1-4-7-10-13-16-19-22-25-28-31-34-37-40-43-70-106-94(103)78-56-48-74(49-57-78)90-83-64-62-81(97-83)89(73-46-54-77(55-47-73)93(101)102)82-63-65-84(98-82)91(75-50-58-79(59-51-75)95(104)107-71-44-41-38-35-32-29-26-23-20-17-14-11-8-5-2)86-67-69-88(100-86)92(87-68-66-85(90)99-87)76-52-60-80(61-53-76)96(105)108-72-45-42-39-36-33-30-27-24-21-18-15-12-9-6-3/h46-69,97,100H,4-45,70-72H2,1-3H3,(H,101,102). The lowest BCUT2D eigenvalue weighted by Gasteiger charge is -2.09. The van der Waals surface area contributed by atoms with Crippen molar-refractivity contribution in [3.63, 3.8) is 0 Å². The molecule has 0 atom stereocenters. The molecule has 0 fully saturated rings. The Morgan fingerprint density at radius 1 is 0.259 bits per heavy atom. The van der Waals surface area contributed by atoms with Crippen molar-refractivity contribution in [2.45, 2.75) is 290 Å². The van der Waals surface area contributed by atoms with Crippen LogP contribution >= 0.6 is 0 Å². The summed E-state index contributed by atoms with van der Waals surface area (Å²) < 4.78 is 17.6. The molecule has 2 aliphatic rings. The molecule has 578 valence electrons. The van der Waals surface area contributed by atoms with Crippen LogP contribution in [0.4, 0.5) is 0 Å². The van der Waals surface area contributed by atoms with Gasteiger partial charge in [-0.1, -0.05) is 320 Å². The van der Waals surface area contributed by atoms with Crippen LogP contribution in [0.1, 0.15) is 355 Å². The van der Waals surface area contributed by atoms with Gasteiger partial charge in [0.05, 0.1) is 64.9 Å². The zero-order valence-corrected chi connectivity index (χ0v) is 65.9. The summed E-state index contributed by atoms with van der Waals surface area (Å²) in [5.41, 5.74) is 13.4. The minimum absolute atomic E-state index is 0.159. The summed E-state index contributed by atoms with van der Waals surface area (Å²) in [4.78, 5) is 71.8. The maximum atomic E-state index is 13.7. The molecule has 0 amide bonds. The minimum Gasteiger partial charge on any atom is -0.478 e. The second-order valence-electron chi connectivity index (χ2n) is 30.3. The van der Waals surface area contributed by atoms with Crippen LogP contribution < -0.4 is 0 Å². The zero-order valence-electron chi connectivity index (χ0n) is 65.9. The molecular formula is C96H126N4O8. The van der Waals surface area contributed by atoms with E-state index < -0.39 is 5.97 Å². The fourth-order valence-corrected chi connectivity index (χ4v) is 15.2. The highest BCUT2D eigenvalue weighted by atomic mass is 16.5. The third-order valence-electron chi connectivity index (χ3n) is 21.6. The van der Waals surface area contributed by atoms with Crippen LogP contribution in [0.25, 0.3) is 90.9 Å². The molecule has 12 heteroatoms. The molecule has 8 bridgehead atoms. The van der Waals surface area contributed by atoms with Crippen molar-refractivity contribution < 1.29 is 38.5 Å². The van der Waals surface area contributed by atoms with Crippen LogP contribution in [0.5, 0.6) is 0 Å². The lowest BCUT2D eigenvalue weighted by molar-refractivity contribution is 0.0488. The minimum atomic E-state index is -1.03. The lowest BCUT2D eigenvalue weighted by Crippen LogP contribution is -2.06. The van der Waals surface area contributed by atoms with Crippen molar-refractivity contribution in [2.75, 3.05) is 19.8 Å². The Morgan fingerprint density at radius 3 is 0.639 bits per heavy atom. The van der Waals surface area contributed by atoms with Gasteiger partial charge in [-0.2, -0.15) is 0 Å². The van der Waals surface area contributed by atoms with Gasteiger partial charge in [0, 0.05) is 44.3 Å². The van der Waals surface area contributed by atoms with Crippen LogP contribution in [0.2, 0.25) is 0 Å². The van der Waals surface area contributed by atoms with Gasteiger partial charge >= 0.3 is 23.9 Å². The monoisotopic (exact) mass is 1460 g/mol. The topological polar surface area (TPSA) is 174 Å². The van der Waals surface area contributed by atoms with E-state index in [1.807, 2.05) is 133 Å². The van der Waals surface area contributed by atoms with Crippen LogP contribution in [-0.4, -0.2) is 68.7 Å². The molecule has 4 aromatic carbocycles. The summed E-state index contributed by atoms with van der Waals surface area (Å²) in [5, 5.41) is 10.0. The van der Waals surface area contributed by atoms with Crippen LogP contribution in [-0.2, 0) is 14.2 Å². The Labute approximate surface area is 646 Å². The highest BCUT2D eigenvalue weighted by molar-refractivity contribution is 6.01. The zero-order chi connectivity index (χ0) is 75.6. The summed E-state index contributed by atoms with van der Waals surface area (Å²) in [6.45, 7) is 7.93. The first kappa shape index (κ1) is 83.4. The fraction of sp³-hybridized carbons (Fsp3) is 0.500. The average Bonchev–Trinajstić information content (AvgIpc) is 1.61. The predicted octanol–water partition coefficient (Wildman–Crippen LogP) is 27.9. The number of hydrogen-bond acceptors (Lipinski definition) is 9. The summed E-state index contributed by atoms with van der Waals surface area (Å²) in [6.07, 6.45) is 60.7. The van der Waals surface area contributed by atoms with Crippen LogP contribution in [0.3, 0.4) is 0 Å². The van der Waals surface area contributed by atoms with E-state index in [4.69, 9.17) is 24.2 Å². The van der Waals surface area contributed by atoms with Crippen molar-refractivity contribution in [1.82, 2.24) is 19.9 Å². The molecule has 7 aromatic rings. The van der Waals surface area contributed by atoms with Gasteiger partial charge in [-0.3, -0.25) is 0 Å². The number of carbonyl (C=O) groups excluding carboxylic acids is 3. The molecule has 12 nitrogen and oxygen atoms in total. The quantitative estimate of drug-likeness (QED) is 0.0189. The van der Waals surface area contributed by atoms with Gasteiger partial charge in [0.15, 0.2) is 0 Å². The van der Waals surface area contributed by atoms with Crippen LogP contribution in [0, 0.1) is 0 Å². The van der Waals surface area contributed by atoms with Gasteiger partial charge in [-0.15, -0.1) is 0 Å². The molecule has 0 unspecified atom stereocenters. The third kappa shape index (κ3) is 27.2. The number of esters is 3. The second-order valence-corrected chi connectivity index (χ2v) is 30.3. The first-order valence-electron chi connectivity index (χ1n) is 42.5. The van der Waals surface area contributed by atoms with E-state index in [9.17, 15) is 24.3 Å². The summed E-state index contributed by atoms with van der Waals surface area (Å²) in [5.74, 6) is -2.10. The summed E-state index contributed by atoms with van der Waals surface area (Å²) >= 11 is 0. The number of H-pyrrole nitrogens is 2. The van der Waals surface area contributed by atoms with Gasteiger partial charge in [0.2, 0.25) is 0 Å². The number of rotatable bonds is 53. The maximum absolute atomic E-state index is 13.7. The molecule has 9 rings (SSSR count). The van der Waals surface area contributed by atoms with E-state index in [0.29, 0.717) is 59.3 Å². The molecule has 0 radical (unpaired) electrons. The Bertz CT molecular complexity index is 4000. The largest absolute Gasteiger partial charge is 0.478 e. The van der Waals surface area contributed by atoms with Crippen molar-refractivity contribution in [3.05, 3.63) is 166 Å². The average molecular weight is 1460 g/mol. The van der Waals surface area contributed by atoms with E-state index >= 15 is 0 Å². The van der Waals surface area contributed by atoms with E-state index in [2.05, 4.69) is 30.7 Å². The van der Waals surface area contributed by atoms with E-state index in [0.717, 1.165) is 124 Å². The number of fused-ring (bicyclic) bond motifs is 8. The van der Waals surface area contributed by atoms with E-state index in [1.165, 1.54) is 212 Å². The predicted molar refractivity (Wildman–Crippen MR) is 449 cm³/mol. The number of carboxylic acids is 1. The van der Waals surface area contributed by atoms with E-state index in [1.54, 1.807) is 12.1 Å². The van der Waals surface area contributed by atoms with Gasteiger partial charge < -0.3 is 29.3 Å². The fourth-order valence-electron chi connectivity index (χ4n) is 15.2. The highest BCUT2D eigenvalue weighted by Crippen LogP contribution is 2.39. The van der Waals surface area contributed by atoms with Gasteiger partial charge in [0.1, 0.15) is 0 Å². The second kappa shape index (κ2) is 48.0. The number of aromatic amines is 2. The molecule has 0 saturated carbocycles. The molecule has 5 heterocycles. The molecule has 3 aromatic heterocycles. The number of ether oxygens (including phenoxy) is 3. The third-order valence-corrected chi connectivity index (χ3v) is 21.6. The molecule has 0 saturated heterocycles. The number of nitrogens with one attached hydrogen (secondary N) is 2. The molecule has 3 N–H and O–H groups in total. The Hall–Kier alpha value is -8.64. The number of aromatic nitrogens is 4. The molecule has 108 heavy (non-hydrogen) atoms. The first-order valence-corrected chi connectivity index (χ1v) is 42.5. The number of aromatic carboxylic acids is 1. The molecule has 0 spiro atoms. The van der Waals surface area contributed by atoms with E-state index in [-0.39, 0.29) is 23.5 Å². The van der Waals surface area contributed by atoms with Crippen molar-refractivity contribution in [2.24, 2.45) is 0 Å². The number of nitrogens with zero attached hydrogens (tertiary/aromatic N) is 2.